The molecule has 0 amide bonds. The average Bonchev–Trinajstić information content (AvgIpc) is 2.56. The molecule has 0 spiro atoms. The lowest BCUT2D eigenvalue weighted by atomic mass is 9.67. The van der Waals surface area contributed by atoms with Gasteiger partial charge in [-0.2, -0.15) is 0 Å². The monoisotopic (exact) mass is 280 g/mol. The molecule has 20 heavy (non-hydrogen) atoms. The standard InChI is InChI=1S/C16H24O4/c1-4-16(2,3)15(18)20-13-10-5-9-6-11(8-10)14(17)19-12(13)7-9/h9-13H,4-8H2,1-3H3/t9?,10-,11?,12?,13?/m0/s1. The third-order valence-electron chi connectivity index (χ3n) is 5.52. The van der Waals surface area contributed by atoms with Crippen molar-refractivity contribution in [3.8, 4) is 0 Å². The minimum atomic E-state index is -0.465. The Morgan fingerprint density at radius 3 is 2.75 bits per heavy atom. The minimum Gasteiger partial charge on any atom is -0.458 e. The van der Waals surface area contributed by atoms with E-state index in [4.69, 9.17) is 9.47 Å². The van der Waals surface area contributed by atoms with Crippen LogP contribution in [0.2, 0.25) is 0 Å². The molecule has 112 valence electrons. The van der Waals surface area contributed by atoms with E-state index >= 15 is 0 Å². The summed E-state index contributed by atoms with van der Waals surface area (Å²) < 4.78 is 11.4. The fraction of sp³-hybridized carbons (Fsp3) is 0.875. The van der Waals surface area contributed by atoms with Gasteiger partial charge in [-0.3, -0.25) is 9.59 Å². The van der Waals surface area contributed by atoms with Gasteiger partial charge < -0.3 is 9.47 Å². The van der Waals surface area contributed by atoms with E-state index in [1.807, 2.05) is 20.8 Å². The molecule has 2 aliphatic carbocycles. The average molecular weight is 280 g/mol. The number of ether oxygens (including phenoxy) is 2. The van der Waals surface area contributed by atoms with Gasteiger partial charge in [-0.05, 0) is 51.9 Å². The maximum absolute atomic E-state index is 12.3. The van der Waals surface area contributed by atoms with Crippen LogP contribution in [0.5, 0.6) is 0 Å². The molecule has 4 unspecified atom stereocenters. The van der Waals surface area contributed by atoms with Crippen LogP contribution in [0.25, 0.3) is 0 Å². The van der Waals surface area contributed by atoms with E-state index < -0.39 is 5.41 Å². The number of carbonyl (C=O) groups excluding carboxylic acids is 2. The van der Waals surface area contributed by atoms with E-state index in [9.17, 15) is 9.59 Å². The molecule has 4 bridgehead atoms. The van der Waals surface area contributed by atoms with Gasteiger partial charge in [0.1, 0.15) is 12.2 Å². The highest BCUT2D eigenvalue weighted by molar-refractivity contribution is 5.76. The summed E-state index contributed by atoms with van der Waals surface area (Å²) in [5, 5.41) is 0. The zero-order valence-electron chi connectivity index (χ0n) is 12.6. The SMILES string of the molecule is CCC(C)(C)C(=O)OC1C2CC3CC(C[C@@H]1C3)C(=O)O2. The number of fused-ring (bicyclic) bond motifs is 1. The summed E-state index contributed by atoms with van der Waals surface area (Å²) in [6.45, 7) is 5.81. The quantitative estimate of drug-likeness (QED) is 0.746. The normalized spacial score (nSPS) is 39.4. The Kier molecular flexibility index (Phi) is 3.30. The van der Waals surface area contributed by atoms with Crippen molar-refractivity contribution in [2.45, 2.75) is 65.1 Å². The molecule has 0 aromatic rings. The van der Waals surface area contributed by atoms with Gasteiger partial charge in [0.05, 0.1) is 11.3 Å². The molecule has 2 saturated heterocycles. The van der Waals surface area contributed by atoms with Crippen molar-refractivity contribution >= 4 is 11.9 Å². The lowest BCUT2D eigenvalue weighted by Crippen LogP contribution is -2.46. The van der Waals surface area contributed by atoms with Crippen molar-refractivity contribution in [2.24, 2.45) is 23.2 Å². The summed E-state index contributed by atoms with van der Waals surface area (Å²) in [7, 11) is 0. The summed E-state index contributed by atoms with van der Waals surface area (Å²) in [6.07, 6.45) is 4.05. The van der Waals surface area contributed by atoms with Gasteiger partial charge in [0.2, 0.25) is 0 Å². The predicted molar refractivity (Wildman–Crippen MR) is 72.8 cm³/mol. The minimum absolute atomic E-state index is 0.0339. The molecule has 4 fully saturated rings. The molecule has 2 aliphatic heterocycles. The van der Waals surface area contributed by atoms with E-state index in [1.165, 1.54) is 0 Å². The Morgan fingerprint density at radius 1 is 1.30 bits per heavy atom. The maximum atomic E-state index is 12.3. The molecular weight excluding hydrogens is 256 g/mol. The third-order valence-corrected chi connectivity index (χ3v) is 5.52. The molecule has 2 saturated carbocycles. The van der Waals surface area contributed by atoms with Crippen molar-refractivity contribution in [2.75, 3.05) is 0 Å². The largest absolute Gasteiger partial charge is 0.458 e. The zero-order valence-corrected chi connectivity index (χ0v) is 12.6. The van der Waals surface area contributed by atoms with Gasteiger partial charge in [-0.25, -0.2) is 0 Å². The second-order valence-electron chi connectivity index (χ2n) is 7.35. The molecule has 4 nitrogen and oxygen atoms in total. The lowest BCUT2D eigenvalue weighted by Gasteiger charge is -2.42. The highest BCUT2D eigenvalue weighted by Crippen LogP contribution is 2.48. The summed E-state index contributed by atoms with van der Waals surface area (Å²) >= 11 is 0. The predicted octanol–water partition coefficient (Wildman–Crippen LogP) is 2.70. The summed E-state index contributed by atoms with van der Waals surface area (Å²) in [5.41, 5.74) is -0.465. The summed E-state index contributed by atoms with van der Waals surface area (Å²) in [6, 6.07) is 0. The third kappa shape index (κ3) is 2.23. The van der Waals surface area contributed by atoms with Crippen LogP contribution in [0.15, 0.2) is 0 Å². The first-order valence-electron chi connectivity index (χ1n) is 7.82. The molecule has 0 aromatic carbocycles. The lowest BCUT2D eigenvalue weighted by molar-refractivity contribution is -0.180. The van der Waals surface area contributed by atoms with E-state index in [0.717, 1.165) is 32.1 Å². The smallest absolute Gasteiger partial charge is 0.311 e. The fourth-order valence-corrected chi connectivity index (χ4v) is 3.86. The second kappa shape index (κ2) is 4.74. The first-order chi connectivity index (χ1) is 9.40. The molecule has 0 N–H and O–H groups in total. The molecule has 4 heteroatoms. The number of hydrogen-bond acceptors (Lipinski definition) is 4. The van der Waals surface area contributed by atoms with Crippen LogP contribution in [-0.4, -0.2) is 24.1 Å². The van der Waals surface area contributed by atoms with E-state index in [1.54, 1.807) is 0 Å². The Bertz CT molecular complexity index is 428. The van der Waals surface area contributed by atoms with Crippen LogP contribution >= 0.6 is 0 Å². The van der Waals surface area contributed by atoms with Gasteiger partial charge >= 0.3 is 11.9 Å². The van der Waals surface area contributed by atoms with Crippen LogP contribution < -0.4 is 0 Å². The van der Waals surface area contributed by atoms with Gasteiger partial charge in [0.15, 0.2) is 0 Å². The Morgan fingerprint density at radius 2 is 2.05 bits per heavy atom. The molecule has 4 aliphatic rings. The fourth-order valence-electron chi connectivity index (χ4n) is 3.86. The van der Waals surface area contributed by atoms with Crippen molar-refractivity contribution in [3.05, 3.63) is 0 Å². The zero-order chi connectivity index (χ0) is 14.5. The van der Waals surface area contributed by atoms with Crippen LogP contribution in [0.4, 0.5) is 0 Å². The van der Waals surface area contributed by atoms with Gasteiger partial charge in [0.25, 0.3) is 0 Å². The van der Waals surface area contributed by atoms with E-state index in [2.05, 4.69) is 0 Å². The van der Waals surface area contributed by atoms with Crippen molar-refractivity contribution < 1.29 is 19.1 Å². The number of esters is 2. The first-order valence-corrected chi connectivity index (χ1v) is 7.82. The molecule has 0 radical (unpaired) electrons. The summed E-state index contributed by atoms with van der Waals surface area (Å²) in [4.78, 5) is 24.3. The van der Waals surface area contributed by atoms with Crippen LogP contribution in [0, 0.1) is 23.2 Å². The Labute approximate surface area is 120 Å². The van der Waals surface area contributed by atoms with Crippen molar-refractivity contribution in [1.29, 1.82) is 0 Å². The molecule has 4 rings (SSSR count). The molecular formula is C16H24O4. The highest BCUT2D eigenvalue weighted by atomic mass is 16.6. The van der Waals surface area contributed by atoms with E-state index in [-0.39, 0.29) is 30.1 Å². The molecule has 5 atom stereocenters. The van der Waals surface area contributed by atoms with Crippen LogP contribution in [-0.2, 0) is 19.1 Å². The second-order valence-corrected chi connectivity index (χ2v) is 7.35. The Hall–Kier alpha value is -1.06. The molecule has 0 aromatic heterocycles. The molecule has 2 heterocycles. The van der Waals surface area contributed by atoms with Gasteiger partial charge in [-0.15, -0.1) is 0 Å². The highest BCUT2D eigenvalue weighted by Gasteiger charge is 2.52. The number of carbonyl (C=O) groups is 2. The number of hydrogen-bond donors (Lipinski definition) is 0. The maximum Gasteiger partial charge on any atom is 0.311 e. The van der Waals surface area contributed by atoms with Crippen LogP contribution in [0.3, 0.4) is 0 Å². The van der Waals surface area contributed by atoms with Gasteiger partial charge in [-0.1, -0.05) is 6.92 Å². The first kappa shape index (κ1) is 13.9. The van der Waals surface area contributed by atoms with Crippen molar-refractivity contribution in [1.82, 2.24) is 0 Å². The topological polar surface area (TPSA) is 52.6 Å². The van der Waals surface area contributed by atoms with Crippen LogP contribution in [0.1, 0.15) is 52.9 Å². The summed E-state index contributed by atoms with van der Waals surface area (Å²) in [5.74, 6) is 0.681. The Balaban J connectivity index is 1.77. The van der Waals surface area contributed by atoms with Gasteiger partial charge in [0, 0.05) is 5.92 Å². The van der Waals surface area contributed by atoms with E-state index in [0.29, 0.717) is 11.8 Å². The number of rotatable bonds is 3. The van der Waals surface area contributed by atoms with Crippen molar-refractivity contribution in [3.63, 3.8) is 0 Å².